The molecule has 3 heterocycles. The molecule has 1 amide bonds. The molecule has 1 aromatic carbocycles. The number of ether oxygens (including phenoxy) is 2. The van der Waals surface area contributed by atoms with E-state index in [1.807, 2.05) is 0 Å². The molecule has 1 saturated heterocycles. The van der Waals surface area contributed by atoms with Gasteiger partial charge >= 0.3 is 0 Å². The number of rotatable bonds is 3. The van der Waals surface area contributed by atoms with Gasteiger partial charge in [0.05, 0.1) is 10.6 Å². The Labute approximate surface area is 164 Å². The Balaban J connectivity index is 1.57. The molecule has 28 heavy (non-hydrogen) atoms. The zero-order valence-electron chi connectivity index (χ0n) is 15.6. The summed E-state index contributed by atoms with van der Waals surface area (Å²) in [6.07, 6.45) is 4.38. The molecule has 1 unspecified atom stereocenters. The minimum atomic E-state index is -3.38. The maximum Gasteiger partial charge on any atom is 0.254 e. The zero-order chi connectivity index (χ0) is 19.7. The van der Waals surface area contributed by atoms with Crippen molar-refractivity contribution in [2.45, 2.75) is 23.7 Å². The number of piperidine rings is 1. The highest BCUT2D eigenvalue weighted by molar-refractivity contribution is 7.90. The van der Waals surface area contributed by atoms with Crippen LogP contribution in [0.1, 0.15) is 34.8 Å². The lowest BCUT2D eigenvalue weighted by Gasteiger charge is -2.33. The number of aromatic nitrogens is 1. The van der Waals surface area contributed by atoms with Crippen molar-refractivity contribution in [3.05, 3.63) is 47.8 Å². The van der Waals surface area contributed by atoms with Gasteiger partial charge in [0.15, 0.2) is 21.3 Å². The summed E-state index contributed by atoms with van der Waals surface area (Å²) in [5, 5.41) is 0. The second kappa shape index (κ2) is 7.43. The molecule has 0 bridgehead atoms. The Morgan fingerprint density at radius 2 is 1.96 bits per heavy atom. The van der Waals surface area contributed by atoms with E-state index in [2.05, 4.69) is 4.98 Å². The van der Waals surface area contributed by atoms with E-state index in [1.165, 1.54) is 6.26 Å². The summed E-state index contributed by atoms with van der Waals surface area (Å²) in [5.41, 5.74) is 1.08. The highest BCUT2D eigenvalue weighted by atomic mass is 32.2. The molecule has 2 aliphatic rings. The fourth-order valence-corrected chi connectivity index (χ4v) is 4.69. The first-order chi connectivity index (χ1) is 13.4. The smallest absolute Gasteiger partial charge is 0.254 e. The normalized spacial score (nSPS) is 19.3. The van der Waals surface area contributed by atoms with Crippen LogP contribution in [0, 0.1) is 0 Å². The third-order valence-corrected chi connectivity index (χ3v) is 6.23. The van der Waals surface area contributed by atoms with Crippen molar-refractivity contribution in [1.82, 2.24) is 9.88 Å². The number of benzene rings is 1. The Bertz CT molecular complexity index is 1010. The van der Waals surface area contributed by atoms with Crippen molar-refractivity contribution in [1.29, 1.82) is 0 Å². The maximum atomic E-state index is 13.0. The maximum absolute atomic E-state index is 13.0. The number of amides is 1. The number of pyridine rings is 1. The van der Waals surface area contributed by atoms with Crippen LogP contribution in [-0.2, 0) is 9.84 Å². The Kier molecular flexibility index (Phi) is 4.97. The van der Waals surface area contributed by atoms with Crippen LogP contribution in [0.3, 0.4) is 0 Å². The molecule has 148 valence electrons. The van der Waals surface area contributed by atoms with Gasteiger partial charge in [-0.05, 0) is 43.2 Å². The first kappa shape index (κ1) is 18.7. The first-order valence-electron chi connectivity index (χ1n) is 9.27. The van der Waals surface area contributed by atoms with E-state index in [0.29, 0.717) is 49.1 Å². The number of likely N-dealkylation sites (tertiary alicyclic amines) is 1. The summed E-state index contributed by atoms with van der Waals surface area (Å²) in [4.78, 5) is 19.4. The summed E-state index contributed by atoms with van der Waals surface area (Å²) in [5.74, 6) is 1.01. The van der Waals surface area contributed by atoms with Crippen molar-refractivity contribution < 1.29 is 22.7 Å². The van der Waals surface area contributed by atoms with Gasteiger partial charge in [-0.1, -0.05) is 0 Å². The van der Waals surface area contributed by atoms with Gasteiger partial charge in [0.2, 0.25) is 0 Å². The minimum Gasteiger partial charge on any atom is -0.486 e. The van der Waals surface area contributed by atoms with E-state index in [0.717, 1.165) is 12.8 Å². The van der Waals surface area contributed by atoms with Crippen LogP contribution in [0.15, 0.2) is 41.4 Å². The average Bonchev–Trinajstić information content (AvgIpc) is 2.72. The molecular weight excluding hydrogens is 380 g/mol. The van der Waals surface area contributed by atoms with E-state index in [1.54, 1.807) is 41.4 Å². The fraction of sp³-hybridized carbons (Fsp3) is 0.400. The summed E-state index contributed by atoms with van der Waals surface area (Å²) >= 11 is 0. The van der Waals surface area contributed by atoms with Gasteiger partial charge in [-0.3, -0.25) is 9.78 Å². The number of carbonyl (C=O) groups excluding carboxylic acids is 1. The average molecular weight is 402 g/mol. The molecule has 0 saturated carbocycles. The lowest BCUT2D eigenvalue weighted by Crippen LogP contribution is -2.39. The van der Waals surface area contributed by atoms with Gasteiger partial charge in [0.25, 0.3) is 5.91 Å². The van der Waals surface area contributed by atoms with Crippen molar-refractivity contribution in [2.75, 3.05) is 32.6 Å². The molecule has 1 fully saturated rings. The molecule has 0 N–H and O–H groups in total. The number of carbonyl (C=O) groups is 1. The second-order valence-electron chi connectivity index (χ2n) is 7.11. The van der Waals surface area contributed by atoms with E-state index in [-0.39, 0.29) is 16.7 Å². The third kappa shape index (κ3) is 3.69. The molecule has 7 nitrogen and oxygen atoms in total. The molecule has 2 aromatic rings. The minimum absolute atomic E-state index is 0.0986. The second-order valence-corrected chi connectivity index (χ2v) is 9.09. The number of nitrogens with zero attached hydrogens (tertiary/aromatic N) is 2. The largest absolute Gasteiger partial charge is 0.486 e. The van der Waals surface area contributed by atoms with E-state index in [9.17, 15) is 13.2 Å². The molecular formula is C20H22N2O5S. The topological polar surface area (TPSA) is 85.8 Å². The number of sulfone groups is 1. The van der Waals surface area contributed by atoms with Crippen LogP contribution < -0.4 is 9.47 Å². The number of fused-ring (bicyclic) bond motifs is 1. The molecule has 1 aromatic heterocycles. The SMILES string of the molecule is CS(=O)(=O)c1cccnc1C1CCCN(C(=O)c2ccc3c(c2)OCCO3)C1. The molecule has 1 atom stereocenters. The standard InChI is InChI=1S/C20H22N2O5S/c1-28(24,25)18-5-2-8-21-19(18)15-4-3-9-22(13-15)20(23)14-6-7-16-17(12-14)27-11-10-26-16/h2,5-8,12,15H,3-4,9-11,13H2,1H3. The van der Waals surface area contributed by atoms with Crippen molar-refractivity contribution in [2.24, 2.45) is 0 Å². The Morgan fingerprint density at radius 3 is 2.75 bits per heavy atom. The van der Waals surface area contributed by atoms with Crippen molar-refractivity contribution in [3.63, 3.8) is 0 Å². The van der Waals surface area contributed by atoms with Crippen LogP contribution >= 0.6 is 0 Å². The molecule has 2 aliphatic heterocycles. The van der Waals surface area contributed by atoms with Crippen molar-refractivity contribution in [3.8, 4) is 11.5 Å². The Morgan fingerprint density at radius 1 is 1.18 bits per heavy atom. The van der Waals surface area contributed by atoms with Crippen LogP contribution in [0.25, 0.3) is 0 Å². The zero-order valence-corrected chi connectivity index (χ0v) is 16.4. The van der Waals surface area contributed by atoms with Crippen LogP contribution in [-0.4, -0.2) is 56.8 Å². The summed E-state index contributed by atoms with van der Waals surface area (Å²) in [6, 6.07) is 8.41. The van der Waals surface area contributed by atoms with Gasteiger partial charge in [-0.2, -0.15) is 0 Å². The number of hydrogen-bond acceptors (Lipinski definition) is 6. The van der Waals surface area contributed by atoms with Gasteiger partial charge in [-0.25, -0.2) is 8.42 Å². The highest BCUT2D eigenvalue weighted by Crippen LogP contribution is 2.33. The quantitative estimate of drug-likeness (QED) is 0.783. The van der Waals surface area contributed by atoms with Crippen LogP contribution in [0.2, 0.25) is 0 Å². The summed E-state index contributed by atoms with van der Waals surface area (Å²) in [6.45, 7) is 2.03. The highest BCUT2D eigenvalue weighted by Gasteiger charge is 2.30. The monoisotopic (exact) mass is 402 g/mol. The predicted octanol–water partition coefficient (Wildman–Crippen LogP) is 2.28. The lowest BCUT2D eigenvalue weighted by atomic mass is 9.93. The number of hydrogen-bond donors (Lipinski definition) is 0. The molecule has 4 rings (SSSR count). The van der Waals surface area contributed by atoms with Gasteiger partial charge in [0, 0.05) is 37.0 Å². The van der Waals surface area contributed by atoms with E-state index >= 15 is 0 Å². The van der Waals surface area contributed by atoms with Crippen LogP contribution in [0.5, 0.6) is 11.5 Å². The summed E-state index contributed by atoms with van der Waals surface area (Å²) in [7, 11) is -3.38. The van der Waals surface area contributed by atoms with Gasteiger partial charge in [0.1, 0.15) is 13.2 Å². The van der Waals surface area contributed by atoms with E-state index in [4.69, 9.17) is 9.47 Å². The first-order valence-corrected chi connectivity index (χ1v) is 11.2. The molecule has 0 spiro atoms. The summed E-state index contributed by atoms with van der Waals surface area (Å²) < 4.78 is 35.3. The van der Waals surface area contributed by atoms with Crippen molar-refractivity contribution >= 4 is 15.7 Å². The Hall–Kier alpha value is -2.61. The van der Waals surface area contributed by atoms with Crippen LogP contribution in [0.4, 0.5) is 0 Å². The van der Waals surface area contributed by atoms with E-state index < -0.39 is 9.84 Å². The molecule has 0 radical (unpaired) electrons. The fourth-order valence-electron chi connectivity index (χ4n) is 3.77. The lowest BCUT2D eigenvalue weighted by molar-refractivity contribution is 0.0704. The molecule has 8 heteroatoms. The third-order valence-electron chi connectivity index (χ3n) is 5.08. The predicted molar refractivity (Wildman–Crippen MR) is 103 cm³/mol. The van der Waals surface area contributed by atoms with Gasteiger partial charge < -0.3 is 14.4 Å². The molecule has 0 aliphatic carbocycles. The van der Waals surface area contributed by atoms with Gasteiger partial charge in [-0.15, -0.1) is 0 Å².